The Labute approximate surface area is 226 Å². The van der Waals surface area contributed by atoms with Gasteiger partial charge in [-0.15, -0.1) is 12.4 Å². The van der Waals surface area contributed by atoms with Crippen molar-refractivity contribution in [3.63, 3.8) is 0 Å². The quantitative estimate of drug-likeness (QED) is 0.207. The molecule has 1 N–H and O–H groups in total. The van der Waals surface area contributed by atoms with Crippen molar-refractivity contribution in [3.05, 3.63) is 101 Å². The number of hydrogen-bond donors (Lipinski definition) is 1. The lowest BCUT2D eigenvalue weighted by Crippen LogP contribution is -2.40. The largest absolute Gasteiger partial charge is 0.494 e. The summed E-state index contributed by atoms with van der Waals surface area (Å²) in [5.74, 6) is -0.427. The second kappa shape index (κ2) is 14.5. The minimum Gasteiger partial charge on any atom is -0.494 e. The summed E-state index contributed by atoms with van der Waals surface area (Å²) in [7, 11) is 0. The van der Waals surface area contributed by atoms with E-state index in [1.54, 1.807) is 0 Å². The highest BCUT2D eigenvalue weighted by molar-refractivity contribution is 5.85. The highest BCUT2D eigenvalue weighted by Gasteiger charge is 2.34. The maximum atomic E-state index is 13.6. The lowest BCUT2D eigenvalue weighted by Gasteiger charge is -2.32. The van der Waals surface area contributed by atoms with Gasteiger partial charge in [-0.05, 0) is 53.9 Å². The molecule has 1 saturated heterocycles. The molecule has 1 aliphatic rings. The molecule has 4 rings (SSSR count). The first kappa shape index (κ1) is 29.9. The second-order valence-electron chi connectivity index (χ2n) is 9.07. The Balaban J connectivity index is 0.00000400. The molecule has 0 aliphatic carbocycles. The smallest absolute Gasteiger partial charge is 0.419 e. The van der Waals surface area contributed by atoms with Crippen LogP contribution in [0, 0.1) is 5.82 Å². The normalized spacial score (nSPS) is 17.6. The van der Waals surface area contributed by atoms with Crippen molar-refractivity contribution in [2.24, 2.45) is 0 Å². The van der Waals surface area contributed by atoms with Gasteiger partial charge in [0.05, 0.1) is 38.1 Å². The van der Waals surface area contributed by atoms with E-state index in [-0.39, 0.29) is 36.6 Å². The van der Waals surface area contributed by atoms with Crippen LogP contribution in [0.15, 0.2) is 72.8 Å². The van der Waals surface area contributed by atoms with Crippen LogP contribution in [0.3, 0.4) is 0 Å². The Morgan fingerprint density at radius 2 is 1.63 bits per heavy atom. The fourth-order valence-electron chi connectivity index (χ4n) is 4.40. The number of piperidine rings is 1. The van der Waals surface area contributed by atoms with Crippen LogP contribution in [0.2, 0.25) is 0 Å². The molecule has 3 aromatic carbocycles. The van der Waals surface area contributed by atoms with Gasteiger partial charge in [0.1, 0.15) is 11.6 Å². The first-order chi connectivity index (χ1) is 17.9. The van der Waals surface area contributed by atoms with Crippen LogP contribution in [0.5, 0.6) is 5.75 Å². The molecule has 0 radical (unpaired) electrons. The third kappa shape index (κ3) is 8.70. The van der Waals surface area contributed by atoms with Crippen LogP contribution in [-0.2, 0) is 28.9 Å². The lowest BCUT2D eigenvalue weighted by atomic mass is 9.87. The van der Waals surface area contributed by atoms with E-state index in [1.807, 2.05) is 54.6 Å². The van der Waals surface area contributed by atoms with Gasteiger partial charge in [0.15, 0.2) is 0 Å². The monoisotopic (exact) mass is 553 g/mol. The predicted molar refractivity (Wildman–Crippen MR) is 140 cm³/mol. The summed E-state index contributed by atoms with van der Waals surface area (Å²) in [5, 5.41) is 3.28. The number of rotatable bonds is 11. The molecule has 1 aliphatic heterocycles. The number of nitrogens with one attached hydrogen (secondary N) is 1. The average Bonchev–Trinajstić information content (AvgIpc) is 2.91. The Bertz CT molecular complexity index is 1110. The van der Waals surface area contributed by atoms with Crippen LogP contribution in [0.4, 0.5) is 17.6 Å². The van der Waals surface area contributed by atoms with Gasteiger partial charge >= 0.3 is 6.18 Å². The summed E-state index contributed by atoms with van der Waals surface area (Å²) in [6, 6.07) is 20.9. The third-order valence-corrected chi connectivity index (χ3v) is 6.35. The highest BCUT2D eigenvalue weighted by Crippen LogP contribution is 2.33. The minimum atomic E-state index is -4.74. The van der Waals surface area contributed by atoms with Gasteiger partial charge in [0, 0.05) is 18.9 Å². The molecule has 206 valence electrons. The lowest BCUT2D eigenvalue weighted by molar-refractivity contribution is -0.140. The van der Waals surface area contributed by atoms with Crippen molar-refractivity contribution in [3.8, 4) is 5.75 Å². The van der Waals surface area contributed by atoms with E-state index in [9.17, 15) is 17.6 Å². The van der Waals surface area contributed by atoms with Crippen LogP contribution in [0.1, 0.15) is 41.0 Å². The molecule has 3 aromatic rings. The molecule has 0 bridgehead atoms. The Kier molecular flexibility index (Phi) is 11.4. The van der Waals surface area contributed by atoms with Gasteiger partial charge in [0.25, 0.3) is 0 Å². The molecule has 1 fully saturated rings. The van der Waals surface area contributed by atoms with Gasteiger partial charge in [-0.25, -0.2) is 4.39 Å². The zero-order valence-electron chi connectivity index (χ0n) is 20.9. The molecule has 4 nitrogen and oxygen atoms in total. The van der Waals surface area contributed by atoms with E-state index >= 15 is 0 Å². The number of alkyl halides is 3. The molecule has 1 heterocycles. The third-order valence-electron chi connectivity index (χ3n) is 6.35. The molecule has 0 amide bonds. The van der Waals surface area contributed by atoms with Crippen molar-refractivity contribution in [1.82, 2.24) is 5.32 Å². The summed E-state index contributed by atoms with van der Waals surface area (Å²) in [6.07, 6.45) is -3.35. The summed E-state index contributed by atoms with van der Waals surface area (Å²) < 4.78 is 70.2. The molecule has 0 spiro atoms. The first-order valence-corrected chi connectivity index (χ1v) is 12.4. The van der Waals surface area contributed by atoms with E-state index in [2.05, 4.69) is 5.32 Å². The predicted octanol–water partition coefficient (Wildman–Crippen LogP) is 6.91. The van der Waals surface area contributed by atoms with Gasteiger partial charge in [-0.3, -0.25) is 0 Å². The van der Waals surface area contributed by atoms with Gasteiger partial charge in [0.2, 0.25) is 0 Å². The first-order valence-electron chi connectivity index (χ1n) is 12.4. The Morgan fingerprint density at radius 1 is 0.868 bits per heavy atom. The molecule has 9 heteroatoms. The maximum absolute atomic E-state index is 13.6. The fraction of sp³-hybridized carbons (Fsp3) is 0.379. The summed E-state index contributed by atoms with van der Waals surface area (Å²) in [6.45, 7) is 3.11. The van der Waals surface area contributed by atoms with Crippen molar-refractivity contribution in [2.45, 2.75) is 44.3 Å². The highest BCUT2D eigenvalue weighted by atomic mass is 35.5. The summed E-state index contributed by atoms with van der Waals surface area (Å²) in [4.78, 5) is 0. The Morgan fingerprint density at radius 3 is 2.37 bits per heavy atom. The van der Waals surface area contributed by atoms with Crippen molar-refractivity contribution >= 4 is 12.4 Å². The average molecular weight is 554 g/mol. The minimum absolute atomic E-state index is 0. The number of benzene rings is 3. The van der Waals surface area contributed by atoms with Crippen molar-refractivity contribution < 1.29 is 31.8 Å². The molecular formula is C29H32ClF4NO3. The van der Waals surface area contributed by atoms with Crippen LogP contribution >= 0.6 is 12.4 Å². The SMILES string of the molecule is Cl.Fc1ccc(COC2CNCCC2c2ccc(OCCCOCc3ccccc3)cc2)cc1C(F)(F)F. The summed E-state index contributed by atoms with van der Waals surface area (Å²) >= 11 is 0. The van der Waals surface area contributed by atoms with E-state index in [0.29, 0.717) is 26.4 Å². The number of ether oxygens (including phenoxy) is 3. The van der Waals surface area contributed by atoms with E-state index in [4.69, 9.17) is 14.2 Å². The van der Waals surface area contributed by atoms with Crippen LogP contribution in [-0.4, -0.2) is 32.4 Å². The van der Waals surface area contributed by atoms with Crippen molar-refractivity contribution in [1.29, 1.82) is 0 Å². The molecule has 0 aromatic heterocycles. The number of halogens is 5. The fourth-order valence-corrected chi connectivity index (χ4v) is 4.40. The molecule has 2 unspecified atom stereocenters. The Hall–Kier alpha value is -2.65. The van der Waals surface area contributed by atoms with Crippen molar-refractivity contribution in [2.75, 3.05) is 26.3 Å². The van der Waals surface area contributed by atoms with E-state index in [1.165, 1.54) is 6.07 Å². The standard InChI is InChI=1S/C29H31F4NO3.ClH/c30-27-12-7-22(17-26(27)29(31,32)33)20-37-28-18-34-14-13-25(28)23-8-10-24(11-9-23)36-16-4-15-35-19-21-5-2-1-3-6-21;/h1-3,5-12,17,25,28,34H,4,13-16,18-20H2;1H. The zero-order valence-corrected chi connectivity index (χ0v) is 21.7. The van der Waals surface area contributed by atoms with E-state index in [0.717, 1.165) is 48.4 Å². The van der Waals surface area contributed by atoms with Gasteiger partial charge in [-0.1, -0.05) is 48.5 Å². The van der Waals surface area contributed by atoms with Gasteiger partial charge in [-0.2, -0.15) is 13.2 Å². The number of hydrogen-bond acceptors (Lipinski definition) is 4. The maximum Gasteiger partial charge on any atom is 0.419 e. The molecule has 38 heavy (non-hydrogen) atoms. The van der Waals surface area contributed by atoms with Gasteiger partial charge < -0.3 is 19.5 Å². The van der Waals surface area contributed by atoms with Crippen LogP contribution in [0.25, 0.3) is 0 Å². The zero-order chi connectivity index (χ0) is 26.1. The molecule has 0 saturated carbocycles. The molecular weight excluding hydrogens is 522 g/mol. The second-order valence-corrected chi connectivity index (χ2v) is 9.07. The van der Waals surface area contributed by atoms with E-state index < -0.39 is 17.6 Å². The topological polar surface area (TPSA) is 39.7 Å². The van der Waals surface area contributed by atoms with Crippen LogP contribution < -0.4 is 10.1 Å². The summed E-state index contributed by atoms with van der Waals surface area (Å²) in [5.41, 5.74) is 1.24. The molecule has 2 atom stereocenters.